The molecule has 1 aliphatic rings. The van der Waals surface area contributed by atoms with Gasteiger partial charge in [0.2, 0.25) is 0 Å². The van der Waals surface area contributed by atoms with Crippen LogP contribution in [0, 0.1) is 16.7 Å². The fourth-order valence-electron chi connectivity index (χ4n) is 1.65. The summed E-state index contributed by atoms with van der Waals surface area (Å²) in [5.41, 5.74) is 3.78. The Morgan fingerprint density at radius 3 is 3.00 bits per heavy atom. The summed E-state index contributed by atoms with van der Waals surface area (Å²) in [6.07, 6.45) is 3.64. The molecule has 2 N–H and O–H groups in total. The highest BCUT2D eigenvalue weighted by Gasteiger charge is 2.39. The number of rotatable bonds is 2. The number of quaternary nitrogens is 1. The van der Waals surface area contributed by atoms with Gasteiger partial charge in [0.15, 0.2) is 0 Å². The van der Waals surface area contributed by atoms with Crippen molar-refractivity contribution >= 4 is 11.7 Å². The second-order valence-corrected chi connectivity index (χ2v) is 3.68. The molecule has 0 aliphatic carbocycles. The van der Waals surface area contributed by atoms with Gasteiger partial charge in [0, 0.05) is 12.3 Å². The smallest absolute Gasteiger partial charge is 0.248 e. The highest BCUT2D eigenvalue weighted by molar-refractivity contribution is 6.04. The maximum absolute atomic E-state index is 8.65. The molecule has 0 saturated carbocycles. The molecule has 2 heterocycles. The lowest BCUT2D eigenvalue weighted by Crippen LogP contribution is -2.55. The third-order valence-electron chi connectivity index (χ3n) is 2.63. The van der Waals surface area contributed by atoms with Gasteiger partial charge in [-0.2, -0.15) is 5.26 Å². The number of nitrogens with zero attached hydrogens (tertiary/aromatic N) is 3. The van der Waals surface area contributed by atoms with Crippen molar-refractivity contribution in [3.63, 3.8) is 0 Å². The predicted molar refractivity (Wildman–Crippen MR) is 61.1 cm³/mol. The van der Waals surface area contributed by atoms with Gasteiger partial charge in [-0.05, 0) is 6.07 Å². The van der Waals surface area contributed by atoms with E-state index in [1.807, 2.05) is 31.3 Å². The van der Waals surface area contributed by atoms with E-state index < -0.39 is 0 Å². The topological polar surface area (TPSA) is 72.6 Å². The lowest BCUT2D eigenvalue weighted by atomic mass is 10.2. The van der Waals surface area contributed by atoms with Gasteiger partial charge in [0.25, 0.3) is 11.7 Å². The van der Waals surface area contributed by atoms with Crippen molar-refractivity contribution in [2.24, 2.45) is 0 Å². The van der Waals surface area contributed by atoms with Crippen LogP contribution in [0.2, 0.25) is 0 Å². The first-order valence-electron chi connectivity index (χ1n) is 4.90. The minimum atomic E-state index is 0.109. The number of aromatic nitrogens is 1. The van der Waals surface area contributed by atoms with E-state index in [9.17, 15) is 0 Å². The van der Waals surface area contributed by atoms with Crippen LogP contribution in [0.5, 0.6) is 0 Å². The molecule has 2 rings (SSSR count). The summed E-state index contributed by atoms with van der Waals surface area (Å²) in [7, 11) is 1.84. The van der Waals surface area contributed by atoms with Gasteiger partial charge in [-0.15, -0.1) is 4.59 Å². The minimum absolute atomic E-state index is 0.109. The van der Waals surface area contributed by atoms with Crippen LogP contribution in [-0.4, -0.2) is 17.9 Å². The number of pyridine rings is 1. The molecule has 5 heteroatoms. The average molecular weight is 214 g/mol. The van der Waals surface area contributed by atoms with Crippen molar-refractivity contribution in [1.29, 1.82) is 10.7 Å². The van der Waals surface area contributed by atoms with Crippen molar-refractivity contribution in [3.8, 4) is 6.07 Å². The molecule has 0 aromatic carbocycles. The fourth-order valence-corrected chi connectivity index (χ4v) is 1.65. The summed E-state index contributed by atoms with van der Waals surface area (Å²) in [5, 5.41) is 16.7. The van der Waals surface area contributed by atoms with Crippen LogP contribution in [0.15, 0.2) is 36.2 Å². The van der Waals surface area contributed by atoms with Crippen LogP contribution in [0.4, 0.5) is 5.82 Å². The number of likely N-dealkylation sites (N-methyl/N-ethyl adjacent to an activating group) is 1. The number of nitriles is 1. The molecule has 1 atom stereocenters. The molecule has 0 fully saturated rings. The summed E-state index contributed by atoms with van der Waals surface area (Å²) in [4.78, 5) is 4.23. The molecule has 0 amide bonds. The van der Waals surface area contributed by atoms with Crippen molar-refractivity contribution < 1.29 is 0 Å². The van der Waals surface area contributed by atoms with Crippen molar-refractivity contribution in [2.75, 3.05) is 7.05 Å². The first-order valence-corrected chi connectivity index (χ1v) is 4.90. The van der Waals surface area contributed by atoms with E-state index >= 15 is 0 Å². The molecule has 0 radical (unpaired) electrons. The van der Waals surface area contributed by atoms with E-state index in [1.165, 1.54) is 0 Å². The molecule has 0 spiro atoms. The monoisotopic (exact) mass is 214 g/mol. The van der Waals surface area contributed by atoms with Crippen LogP contribution in [0.1, 0.15) is 6.42 Å². The molecule has 0 bridgehead atoms. The van der Waals surface area contributed by atoms with Gasteiger partial charge < -0.3 is 0 Å². The lowest BCUT2D eigenvalue weighted by Gasteiger charge is -2.25. The largest absolute Gasteiger partial charge is 0.258 e. The molecule has 1 unspecified atom stereocenters. The Labute approximate surface area is 93.7 Å². The second kappa shape index (κ2) is 3.76. The first kappa shape index (κ1) is 10.3. The maximum Gasteiger partial charge on any atom is 0.258 e. The van der Waals surface area contributed by atoms with Crippen LogP contribution < -0.4 is 10.0 Å². The van der Waals surface area contributed by atoms with Crippen LogP contribution in [-0.2, 0) is 0 Å². The second-order valence-electron chi connectivity index (χ2n) is 3.68. The van der Waals surface area contributed by atoms with Crippen molar-refractivity contribution in [2.45, 2.75) is 6.42 Å². The number of hydrogen-bond acceptors (Lipinski definition) is 4. The summed E-state index contributed by atoms with van der Waals surface area (Å²) in [6, 6.07) is 7.61. The molecule has 0 saturated heterocycles. The third-order valence-corrected chi connectivity index (χ3v) is 2.63. The van der Waals surface area contributed by atoms with E-state index in [1.54, 1.807) is 12.4 Å². The Bertz CT molecular complexity index is 485. The van der Waals surface area contributed by atoms with E-state index in [0.717, 1.165) is 5.82 Å². The van der Waals surface area contributed by atoms with Crippen molar-refractivity contribution in [1.82, 2.24) is 15.0 Å². The van der Waals surface area contributed by atoms with E-state index in [2.05, 4.69) is 10.4 Å². The van der Waals surface area contributed by atoms with Gasteiger partial charge in [0.05, 0.1) is 24.3 Å². The normalized spacial score (nSPS) is 23.5. The summed E-state index contributed by atoms with van der Waals surface area (Å²) < 4.78 is 0.109. The Morgan fingerprint density at radius 2 is 2.38 bits per heavy atom. The van der Waals surface area contributed by atoms with E-state index in [-0.39, 0.29) is 11.0 Å². The summed E-state index contributed by atoms with van der Waals surface area (Å²) in [6.45, 7) is 0. The molecule has 1 aliphatic heterocycles. The third kappa shape index (κ3) is 1.45. The van der Waals surface area contributed by atoms with Gasteiger partial charge >= 0.3 is 0 Å². The number of amidine groups is 1. The molecule has 16 heavy (non-hydrogen) atoms. The van der Waals surface area contributed by atoms with Gasteiger partial charge in [-0.25, -0.2) is 15.8 Å². The van der Waals surface area contributed by atoms with E-state index in [4.69, 9.17) is 10.7 Å². The number of hydrogen-bond donors (Lipinski definition) is 2. The Hall–Kier alpha value is -2.19. The Balaban J connectivity index is 2.32. The van der Waals surface area contributed by atoms with Gasteiger partial charge in [0.1, 0.15) is 7.05 Å². The zero-order chi connectivity index (χ0) is 11.6. The number of nitrogens with one attached hydrogen (secondary N) is 2. The van der Waals surface area contributed by atoms with Crippen LogP contribution >= 0.6 is 0 Å². The zero-order valence-electron chi connectivity index (χ0n) is 8.94. The zero-order valence-corrected chi connectivity index (χ0v) is 8.94. The quantitative estimate of drug-likeness (QED) is 0.729. The lowest BCUT2D eigenvalue weighted by molar-refractivity contribution is 0.425. The van der Waals surface area contributed by atoms with Crippen molar-refractivity contribution in [3.05, 3.63) is 36.2 Å². The molecule has 5 nitrogen and oxygen atoms in total. The molecule has 1 aromatic heterocycles. The summed E-state index contributed by atoms with van der Waals surface area (Å²) in [5.74, 6) is 1.09. The fraction of sp³-hybridized carbons (Fsp3) is 0.182. The highest BCUT2D eigenvalue weighted by Crippen LogP contribution is 2.23. The summed E-state index contributed by atoms with van der Waals surface area (Å²) >= 11 is 0. The van der Waals surface area contributed by atoms with Gasteiger partial charge in [-0.3, -0.25) is 0 Å². The van der Waals surface area contributed by atoms with E-state index in [0.29, 0.717) is 11.4 Å². The molecule has 1 aromatic rings. The van der Waals surface area contributed by atoms with Crippen LogP contribution in [0.25, 0.3) is 0 Å². The molecule has 80 valence electrons. The van der Waals surface area contributed by atoms with Crippen LogP contribution in [0.3, 0.4) is 0 Å². The minimum Gasteiger partial charge on any atom is -0.248 e. The SMILES string of the molecule is C[N+]1(c2ccccn2)NC=C(CC#N)C1=N. The Kier molecular flexibility index (Phi) is 2.43. The first-order chi connectivity index (χ1) is 7.68. The molecular formula is C11H12N5+. The molecular weight excluding hydrogens is 202 g/mol. The predicted octanol–water partition coefficient (Wildman–Crippen LogP) is 1.31. The maximum atomic E-state index is 8.65. The standard InChI is InChI=1S/C11H12N5/c1-16(10-4-2-3-7-14-10)11(13)9(5-6-12)8-15-16/h2-4,7-8,13,15H,5H2,1H3/q+1. The Morgan fingerprint density at radius 1 is 1.56 bits per heavy atom. The highest BCUT2D eigenvalue weighted by atomic mass is 15.7. The average Bonchev–Trinajstić information content (AvgIpc) is 2.61. The van der Waals surface area contributed by atoms with Gasteiger partial charge in [-0.1, -0.05) is 6.07 Å².